The summed E-state index contributed by atoms with van der Waals surface area (Å²) < 4.78 is 4.07. The summed E-state index contributed by atoms with van der Waals surface area (Å²) in [7, 11) is 0. The van der Waals surface area contributed by atoms with Gasteiger partial charge in [-0.1, -0.05) is 53.2 Å². The first kappa shape index (κ1) is 23.1. The maximum Gasteiger partial charge on any atom is 0.196 e. The van der Waals surface area contributed by atoms with Gasteiger partial charge in [0, 0.05) is 39.8 Å². The summed E-state index contributed by atoms with van der Waals surface area (Å²) >= 11 is 7.50. The summed E-state index contributed by atoms with van der Waals surface area (Å²) in [4.78, 5) is 13.1. The SMILES string of the molecule is C=CCn1c(C)cc(C(=O)CSc2nnc(-c3cccc(C)c3)n2-c2ccc(Cl)cc2)c1C. The van der Waals surface area contributed by atoms with Gasteiger partial charge >= 0.3 is 0 Å². The fraction of sp³-hybridized carbons (Fsp3) is 0.192. The number of carbonyl (C=O) groups is 1. The van der Waals surface area contributed by atoms with Crippen LogP contribution < -0.4 is 0 Å². The quantitative estimate of drug-likeness (QED) is 0.166. The van der Waals surface area contributed by atoms with Crippen LogP contribution in [0, 0.1) is 20.8 Å². The van der Waals surface area contributed by atoms with Crippen LogP contribution in [0.15, 0.2) is 72.4 Å². The van der Waals surface area contributed by atoms with Crippen LogP contribution >= 0.6 is 23.4 Å². The minimum Gasteiger partial charge on any atom is -0.345 e. The number of halogens is 1. The average Bonchev–Trinajstić information content (AvgIpc) is 3.35. The molecule has 33 heavy (non-hydrogen) atoms. The molecule has 2 aromatic heterocycles. The zero-order valence-corrected chi connectivity index (χ0v) is 20.5. The van der Waals surface area contributed by atoms with Gasteiger partial charge in [0.05, 0.1) is 5.75 Å². The Morgan fingerprint density at radius 2 is 1.85 bits per heavy atom. The molecule has 0 aliphatic heterocycles. The van der Waals surface area contributed by atoms with Gasteiger partial charge in [0.15, 0.2) is 16.8 Å². The molecule has 0 atom stereocenters. The molecule has 0 aliphatic carbocycles. The fourth-order valence-corrected chi connectivity index (χ4v) is 4.82. The van der Waals surface area contributed by atoms with Gasteiger partial charge in [-0.15, -0.1) is 16.8 Å². The van der Waals surface area contributed by atoms with Crippen LogP contribution in [0.2, 0.25) is 5.02 Å². The Morgan fingerprint density at radius 1 is 1.09 bits per heavy atom. The Morgan fingerprint density at radius 3 is 2.55 bits per heavy atom. The number of nitrogens with zero attached hydrogens (tertiary/aromatic N) is 4. The van der Waals surface area contributed by atoms with Gasteiger partial charge in [-0.2, -0.15) is 0 Å². The van der Waals surface area contributed by atoms with Gasteiger partial charge in [0.1, 0.15) is 0 Å². The molecule has 5 nitrogen and oxygen atoms in total. The van der Waals surface area contributed by atoms with Crippen molar-refractivity contribution < 1.29 is 4.79 Å². The molecule has 0 bridgehead atoms. The second kappa shape index (κ2) is 9.81. The summed E-state index contributed by atoms with van der Waals surface area (Å²) in [6, 6.07) is 17.6. The number of aromatic nitrogens is 4. The lowest BCUT2D eigenvalue weighted by atomic mass is 10.1. The van der Waals surface area contributed by atoms with Crippen molar-refractivity contribution >= 4 is 29.1 Å². The first-order valence-electron chi connectivity index (χ1n) is 10.6. The van der Waals surface area contributed by atoms with E-state index in [0.717, 1.165) is 39.6 Å². The highest BCUT2D eigenvalue weighted by Crippen LogP contribution is 2.30. The van der Waals surface area contributed by atoms with Crippen LogP contribution in [0.3, 0.4) is 0 Å². The summed E-state index contributed by atoms with van der Waals surface area (Å²) in [5.41, 5.74) is 5.73. The van der Waals surface area contributed by atoms with Crippen molar-refractivity contribution in [2.45, 2.75) is 32.5 Å². The Kier molecular flexibility index (Phi) is 6.86. The molecule has 4 aromatic rings. The molecule has 0 saturated heterocycles. The first-order valence-corrected chi connectivity index (χ1v) is 12.0. The van der Waals surface area contributed by atoms with Crippen molar-refractivity contribution in [1.29, 1.82) is 0 Å². The number of hydrogen-bond donors (Lipinski definition) is 0. The second-order valence-corrected chi connectivity index (χ2v) is 9.26. The number of rotatable bonds is 8. The lowest BCUT2D eigenvalue weighted by Crippen LogP contribution is -2.07. The molecule has 7 heteroatoms. The molecule has 0 fully saturated rings. The summed E-state index contributed by atoms with van der Waals surface area (Å²) in [6.45, 7) is 10.5. The number of benzene rings is 2. The van der Waals surface area contributed by atoms with E-state index in [1.165, 1.54) is 11.8 Å². The van der Waals surface area contributed by atoms with E-state index >= 15 is 0 Å². The normalized spacial score (nSPS) is 11.0. The Bertz CT molecular complexity index is 1320. The molecule has 0 spiro atoms. The molecule has 0 amide bonds. The first-order chi connectivity index (χ1) is 15.9. The maximum absolute atomic E-state index is 13.1. The van der Waals surface area contributed by atoms with Crippen molar-refractivity contribution in [3.8, 4) is 17.1 Å². The van der Waals surface area contributed by atoms with Gasteiger partial charge in [-0.3, -0.25) is 9.36 Å². The van der Waals surface area contributed by atoms with E-state index in [0.29, 0.717) is 16.7 Å². The average molecular weight is 477 g/mol. The van der Waals surface area contributed by atoms with E-state index in [2.05, 4.69) is 27.4 Å². The van der Waals surface area contributed by atoms with Crippen molar-refractivity contribution in [3.05, 3.63) is 94.8 Å². The highest BCUT2D eigenvalue weighted by Gasteiger charge is 2.20. The van der Waals surface area contributed by atoms with Crippen molar-refractivity contribution in [1.82, 2.24) is 19.3 Å². The van der Waals surface area contributed by atoms with Gasteiger partial charge in [-0.05, 0) is 57.2 Å². The van der Waals surface area contributed by atoms with E-state index in [1.807, 2.05) is 79.9 Å². The lowest BCUT2D eigenvalue weighted by molar-refractivity contribution is 0.102. The Hall–Kier alpha value is -3.09. The van der Waals surface area contributed by atoms with Crippen molar-refractivity contribution in [2.24, 2.45) is 0 Å². The number of hydrogen-bond acceptors (Lipinski definition) is 4. The summed E-state index contributed by atoms with van der Waals surface area (Å²) in [6.07, 6.45) is 1.84. The summed E-state index contributed by atoms with van der Waals surface area (Å²) in [5.74, 6) is 1.05. The van der Waals surface area contributed by atoms with Crippen molar-refractivity contribution in [2.75, 3.05) is 5.75 Å². The van der Waals surface area contributed by atoms with E-state index in [1.54, 1.807) is 0 Å². The Balaban J connectivity index is 1.67. The number of Topliss-reactive ketones (excluding diaryl/α,β-unsaturated/α-hetero) is 1. The smallest absolute Gasteiger partial charge is 0.196 e. The van der Waals surface area contributed by atoms with Crippen LogP contribution in [0.4, 0.5) is 0 Å². The van der Waals surface area contributed by atoms with E-state index in [4.69, 9.17) is 11.6 Å². The molecule has 2 heterocycles. The van der Waals surface area contributed by atoms with Crippen LogP contribution in [0.25, 0.3) is 17.1 Å². The number of carbonyl (C=O) groups excluding carboxylic acids is 1. The monoisotopic (exact) mass is 476 g/mol. The topological polar surface area (TPSA) is 52.7 Å². The number of allylic oxidation sites excluding steroid dienone is 1. The molecule has 2 aromatic carbocycles. The molecule has 0 saturated carbocycles. The predicted octanol–water partition coefficient (Wildman–Crippen LogP) is 6.48. The molecule has 0 radical (unpaired) electrons. The van der Waals surface area contributed by atoms with E-state index in [9.17, 15) is 4.79 Å². The third-order valence-corrected chi connectivity index (χ3v) is 6.69. The number of ketones is 1. The van der Waals surface area contributed by atoms with E-state index < -0.39 is 0 Å². The zero-order valence-electron chi connectivity index (χ0n) is 18.9. The minimum atomic E-state index is 0.0613. The molecule has 0 aliphatic rings. The van der Waals surface area contributed by atoms with E-state index in [-0.39, 0.29) is 11.5 Å². The standard InChI is InChI=1S/C26H25ClN4OS/c1-5-13-30-18(3)15-23(19(30)4)24(32)16-33-26-29-28-25(20-8-6-7-17(2)14-20)31(26)22-11-9-21(27)10-12-22/h5-12,14-15H,1,13,16H2,2-4H3. The zero-order chi connectivity index (χ0) is 23.5. The van der Waals surface area contributed by atoms with Crippen LogP contribution in [0.1, 0.15) is 27.3 Å². The third kappa shape index (κ3) is 4.82. The maximum atomic E-state index is 13.1. The fourth-order valence-electron chi connectivity index (χ4n) is 3.86. The highest BCUT2D eigenvalue weighted by atomic mass is 35.5. The van der Waals surface area contributed by atoms with Gasteiger partial charge in [0.2, 0.25) is 0 Å². The van der Waals surface area contributed by atoms with Gasteiger partial charge in [-0.25, -0.2) is 0 Å². The van der Waals surface area contributed by atoms with Crippen LogP contribution in [-0.4, -0.2) is 30.9 Å². The van der Waals surface area contributed by atoms with Crippen LogP contribution in [0.5, 0.6) is 0 Å². The van der Waals surface area contributed by atoms with Gasteiger partial charge in [0.25, 0.3) is 0 Å². The van der Waals surface area contributed by atoms with Crippen LogP contribution in [-0.2, 0) is 6.54 Å². The minimum absolute atomic E-state index is 0.0613. The number of thioether (sulfide) groups is 1. The molecule has 168 valence electrons. The molecular formula is C26H25ClN4OS. The third-order valence-electron chi connectivity index (χ3n) is 5.51. The van der Waals surface area contributed by atoms with Crippen molar-refractivity contribution in [3.63, 3.8) is 0 Å². The predicted molar refractivity (Wildman–Crippen MR) is 136 cm³/mol. The second-order valence-electron chi connectivity index (χ2n) is 7.88. The number of aryl methyl sites for hydroxylation is 2. The summed E-state index contributed by atoms with van der Waals surface area (Å²) in [5, 5.41) is 10.2. The largest absolute Gasteiger partial charge is 0.345 e. The molecule has 0 N–H and O–H groups in total. The highest BCUT2D eigenvalue weighted by molar-refractivity contribution is 7.99. The lowest BCUT2D eigenvalue weighted by Gasteiger charge is -2.11. The molecule has 0 unspecified atom stereocenters. The van der Waals surface area contributed by atoms with Gasteiger partial charge < -0.3 is 4.57 Å². The molecule has 4 rings (SSSR count). The Labute approximate surface area is 203 Å². The molecular weight excluding hydrogens is 452 g/mol.